The van der Waals surface area contributed by atoms with Crippen LogP contribution in [-0.4, -0.2) is 35.9 Å². The summed E-state index contributed by atoms with van der Waals surface area (Å²) in [6.45, 7) is 6.94. The van der Waals surface area contributed by atoms with Crippen molar-refractivity contribution in [3.8, 4) is 0 Å². The van der Waals surface area contributed by atoms with Gasteiger partial charge in [0.25, 0.3) is 0 Å². The van der Waals surface area contributed by atoms with Crippen LogP contribution >= 0.6 is 21.6 Å². The van der Waals surface area contributed by atoms with E-state index >= 15 is 0 Å². The molecule has 0 spiro atoms. The maximum absolute atomic E-state index is 10.8. The number of carbonyl (C=O) groups excluding carboxylic acids is 1. The topological polar surface area (TPSA) is 55.1 Å². The van der Waals surface area contributed by atoms with Crippen molar-refractivity contribution in [2.45, 2.75) is 31.1 Å². The Morgan fingerprint density at radius 2 is 2.00 bits per heavy atom. The van der Waals surface area contributed by atoms with E-state index < -0.39 is 5.54 Å². The third-order valence-corrected chi connectivity index (χ3v) is 4.86. The standard InChI is InChI=1S/C9H20N2OS2/c1-8(2,3)14-13-7-9(10,6-12)5-11-4/h6,11H,5,7,10H2,1-4H3. The number of likely N-dealkylation sites (N-methyl/N-ethyl adjacent to an activating group) is 1. The lowest BCUT2D eigenvalue weighted by molar-refractivity contribution is -0.111. The molecule has 0 aliphatic carbocycles. The summed E-state index contributed by atoms with van der Waals surface area (Å²) in [4.78, 5) is 10.8. The van der Waals surface area contributed by atoms with Crippen molar-refractivity contribution < 1.29 is 4.79 Å². The highest BCUT2D eigenvalue weighted by atomic mass is 33.1. The highest BCUT2D eigenvalue weighted by Crippen LogP contribution is 2.36. The van der Waals surface area contributed by atoms with Crippen LogP contribution in [0.1, 0.15) is 20.8 Å². The molecule has 0 aromatic carbocycles. The molecule has 0 heterocycles. The van der Waals surface area contributed by atoms with Gasteiger partial charge in [-0.15, -0.1) is 0 Å². The van der Waals surface area contributed by atoms with Gasteiger partial charge in [0.05, 0.1) is 5.54 Å². The summed E-state index contributed by atoms with van der Waals surface area (Å²) in [5, 5.41) is 2.93. The van der Waals surface area contributed by atoms with Crippen molar-refractivity contribution >= 4 is 27.9 Å². The third-order valence-electron chi connectivity index (χ3n) is 1.38. The lowest BCUT2D eigenvalue weighted by atomic mass is 10.1. The van der Waals surface area contributed by atoms with Crippen LogP contribution in [0.4, 0.5) is 0 Å². The second-order valence-corrected chi connectivity index (χ2v) is 7.46. The lowest BCUT2D eigenvalue weighted by Crippen LogP contribution is -2.51. The first-order valence-corrected chi connectivity index (χ1v) is 6.85. The molecule has 0 aliphatic heterocycles. The molecule has 84 valence electrons. The molecule has 0 fully saturated rings. The van der Waals surface area contributed by atoms with Gasteiger partial charge in [-0.25, -0.2) is 0 Å². The predicted octanol–water partition coefficient (Wildman–Crippen LogP) is 1.28. The molecule has 0 rings (SSSR count). The predicted molar refractivity (Wildman–Crippen MR) is 66.7 cm³/mol. The highest BCUT2D eigenvalue weighted by molar-refractivity contribution is 8.77. The number of nitrogens with one attached hydrogen (secondary N) is 1. The van der Waals surface area contributed by atoms with E-state index in [1.54, 1.807) is 28.6 Å². The highest BCUT2D eigenvalue weighted by Gasteiger charge is 2.24. The van der Waals surface area contributed by atoms with Gasteiger partial charge >= 0.3 is 0 Å². The van der Waals surface area contributed by atoms with Crippen LogP contribution in [0.15, 0.2) is 0 Å². The first kappa shape index (κ1) is 14.3. The van der Waals surface area contributed by atoms with E-state index in [9.17, 15) is 4.79 Å². The Balaban J connectivity index is 3.90. The molecule has 0 saturated heterocycles. The minimum Gasteiger partial charge on any atom is -0.317 e. The second-order valence-electron chi connectivity index (χ2n) is 4.34. The van der Waals surface area contributed by atoms with Crippen LogP contribution in [-0.2, 0) is 4.79 Å². The van der Waals surface area contributed by atoms with Crippen molar-refractivity contribution in [2.75, 3.05) is 19.3 Å². The summed E-state index contributed by atoms with van der Waals surface area (Å²) in [5.41, 5.74) is 5.13. The fourth-order valence-electron chi connectivity index (χ4n) is 0.772. The molecule has 0 bridgehead atoms. The van der Waals surface area contributed by atoms with Crippen LogP contribution in [0.5, 0.6) is 0 Å². The summed E-state index contributed by atoms with van der Waals surface area (Å²) in [6, 6.07) is 0. The van der Waals surface area contributed by atoms with Gasteiger partial charge in [0, 0.05) is 17.0 Å². The molecule has 0 saturated carbocycles. The van der Waals surface area contributed by atoms with Gasteiger partial charge in [-0.05, 0) is 7.05 Å². The van der Waals surface area contributed by atoms with E-state index in [1.165, 1.54) is 0 Å². The van der Waals surface area contributed by atoms with E-state index in [2.05, 4.69) is 26.1 Å². The molecule has 3 N–H and O–H groups in total. The van der Waals surface area contributed by atoms with E-state index in [4.69, 9.17) is 5.73 Å². The van der Waals surface area contributed by atoms with Gasteiger partial charge in [-0.2, -0.15) is 0 Å². The number of rotatable bonds is 6. The molecule has 5 heteroatoms. The van der Waals surface area contributed by atoms with Crippen LogP contribution in [0.3, 0.4) is 0 Å². The van der Waals surface area contributed by atoms with Gasteiger partial charge in [-0.1, -0.05) is 42.4 Å². The fourth-order valence-corrected chi connectivity index (χ4v) is 3.47. The van der Waals surface area contributed by atoms with E-state index in [0.29, 0.717) is 12.3 Å². The minimum atomic E-state index is -0.738. The Hall–Kier alpha value is 0.290. The van der Waals surface area contributed by atoms with Crippen molar-refractivity contribution in [1.82, 2.24) is 5.32 Å². The fraction of sp³-hybridized carbons (Fsp3) is 0.889. The van der Waals surface area contributed by atoms with E-state index in [-0.39, 0.29) is 4.75 Å². The summed E-state index contributed by atoms with van der Waals surface area (Å²) in [7, 11) is 5.20. The maximum atomic E-state index is 10.8. The molecule has 3 nitrogen and oxygen atoms in total. The Bertz CT molecular complexity index is 182. The minimum absolute atomic E-state index is 0.202. The zero-order valence-electron chi connectivity index (χ0n) is 9.29. The lowest BCUT2D eigenvalue weighted by Gasteiger charge is -2.24. The van der Waals surface area contributed by atoms with Crippen molar-refractivity contribution in [1.29, 1.82) is 0 Å². The molecule has 14 heavy (non-hydrogen) atoms. The molecule has 0 aliphatic rings. The Morgan fingerprint density at radius 1 is 1.43 bits per heavy atom. The molecule has 0 aromatic heterocycles. The molecule has 0 amide bonds. The first-order chi connectivity index (χ1) is 6.33. The Labute approximate surface area is 94.4 Å². The number of nitrogens with two attached hydrogens (primary N) is 1. The largest absolute Gasteiger partial charge is 0.317 e. The van der Waals surface area contributed by atoms with Crippen molar-refractivity contribution in [3.63, 3.8) is 0 Å². The molecule has 0 radical (unpaired) electrons. The number of hydrogen-bond acceptors (Lipinski definition) is 5. The van der Waals surface area contributed by atoms with Crippen LogP contribution in [0, 0.1) is 0 Å². The van der Waals surface area contributed by atoms with Gasteiger partial charge in [0.2, 0.25) is 0 Å². The smallest absolute Gasteiger partial charge is 0.141 e. The van der Waals surface area contributed by atoms with Crippen molar-refractivity contribution in [2.24, 2.45) is 5.73 Å². The summed E-state index contributed by atoms with van der Waals surface area (Å²) < 4.78 is 0.202. The zero-order valence-corrected chi connectivity index (χ0v) is 10.9. The summed E-state index contributed by atoms with van der Waals surface area (Å²) in [6.07, 6.45) is 0.833. The van der Waals surface area contributed by atoms with E-state index in [1.807, 2.05) is 0 Å². The average molecular weight is 236 g/mol. The second kappa shape index (κ2) is 6.00. The molecule has 1 unspecified atom stereocenters. The monoisotopic (exact) mass is 236 g/mol. The summed E-state index contributed by atoms with van der Waals surface area (Å²) >= 11 is 0. The molecular formula is C9H20N2OS2. The van der Waals surface area contributed by atoms with Gasteiger partial charge < -0.3 is 15.8 Å². The SMILES string of the molecule is CNCC(N)(C=O)CSSC(C)(C)C. The first-order valence-electron chi connectivity index (χ1n) is 4.53. The number of aldehydes is 1. The van der Waals surface area contributed by atoms with E-state index in [0.717, 1.165) is 6.29 Å². The molecule has 0 aromatic rings. The van der Waals surface area contributed by atoms with Gasteiger partial charge in [0.15, 0.2) is 0 Å². The van der Waals surface area contributed by atoms with Crippen LogP contribution in [0.25, 0.3) is 0 Å². The normalized spacial score (nSPS) is 16.4. The van der Waals surface area contributed by atoms with Gasteiger partial charge in [0.1, 0.15) is 6.29 Å². The van der Waals surface area contributed by atoms with Crippen LogP contribution in [0.2, 0.25) is 0 Å². The maximum Gasteiger partial charge on any atom is 0.141 e. The van der Waals surface area contributed by atoms with Crippen molar-refractivity contribution in [3.05, 3.63) is 0 Å². The zero-order chi connectivity index (χ0) is 11.2. The number of carbonyl (C=O) groups is 1. The van der Waals surface area contributed by atoms with Crippen LogP contribution < -0.4 is 11.1 Å². The Morgan fingerprint density at radius 3 is 2.36 bits per heavy atom. The summed E-state index contributed by atoms with van der Waals surface area (Å²) in [5.74, 6) is 0.638. The Kier molecular flexibility index (Phi) is 6.12. The quantitative estimate of drug-likeness (QED) is 0.537. The molecule has 1 atom stereocenters. The van der Waals surface area contributed by atoms with Gasteiger partial charge in [-0.3, -0.25) is 0 Å². The number of hydrogen-bond donors (Lipinski definition) is 2. The third kappa shape index (κ3) is 6.70. The average Bonchev–Trinajstić information content (AvgIpc) is 2.02. The molecular weight excluding hydrogens is 216 g/mol.